The van der Waals surface area contributed by atoms with Crippen molar-refractivity contribution in [1.82, 2.24) is 9.88 Å². The second kappa shape index (κ2) is 9.65. The Labute approximate surface area is 207 Å². The molecular weight excluding hydrogens is 512 g/mol. The van der Waals surface area contributed by atoms with Gasteiger partial charge in [-0.3, -0.25) is 9.78 Å². The summed E-state index contributed by atoms with van der Waals surface area (Å²) in [6, 6.07) is 3.99. The number of aliphatic hydroxyl groups is 2. The first kappa shape index (κ1) is 25.2. The average molecular weight is 531 g/mol. The second-order valence-corrected chi connectivity index (χ2v) is 8.85. The summed E-state index contributed by atoms with van der Waals surface area (Å²) in [4.78, 5) is 31.6. The van der Waals surface area contributed by atoms with Crippen LogP contribution in [0.1, 0.15) is 17.7 Å². The predicted octanol–water partition coefficient (Wildman–Crippen LogP) is 3.80. The van der Waals surface area contributed by atoms with Crippen LogP contribution in [0.4, 0.5) is 29.3 Å². The summed E-state index contributed by atoms with van der Waals surface area (Å²) < 4.78 is 38.5. The molecule has 3 heterocycles. The van der Waals surface area contributed by atoms with Gasteiger partial charge in [0, 0.05) is 18.8 Å². The quantitative estimate of drug-likeness (QED) is 0.559. The number of hydrogen-bond donors (Lipinski definition) is 3. The number of carbonyl (C=O) groups excluding carboxylic acids is 2. The summed E-state index contributed by atoms with van der Waals surface area (Å²) in [5.41, 5.74) is 0.732. The van der Waals surface area contributed by atoms with Gasteiger partial charge >= 0.3 is 12.2 Å². The zero-order valence-corrected chi connectivity index (χ0v) is 19.4. The topological polar surface area (TPSA) is 106 Å². The summed E-state index contributed by atoms with van der Waals surface area (Å²) in [6.45, 7) is 0.432. The summed E-state index contributed by atoms with van der Waals surface area (Å²) in [5, 5.41) is 21.6. The standard InChI is InChI=1S/C22H19Cl2F3N4O4/c23-15-7-12(1-2-14(15)22(25,26)27)29-21(35)30-5-3-11(4-6-30)18-16(24)8-13(9-28-18)31-10-17(32)19(33)20(31)34/h1-3,7-9,17,19,32-33H,4-6,10H2,(H,29,35)/t17-,19-/m1/s1. The molecule has 3 amide bonds. The van der Waals surface area contributed by atoms with E-state index in [0.29, 0.717) is 24.3 Å². The number of β-amino-alcohol motifs (C(OH)–C–C–N with tert-alkyl or cyclic N) is 1. The van der Waals surface area contributed by atoms with Crippen LogP contribution >= 0.6 is 23.2 Å². The molecule has 3 N–H and O–H groups in total. The Morgan fingerprint density at radius 2 is 1.91 bits per heavy atom. The van der Waals surface area contributed by atoms with Gasteiger partial charge in [0.2, 0.25) is 0 Å². The Morgan fingerprint density at radius 1 is 1.17 bits per heavy atom. The molecule has 1 saturated heterocycles. The molecule has 186 valence electrons. The van der Waals surface area contributed by atoms with Crippen molar-refractivity contribution in [2.75, 3.05) is 29.9 Å². The number of halogens is 5. The second-order valence-electron chi connectivity index (χ2n) is 8.03. The van der Waals surface area contributed by atoms with Gasteiger partial charge in [-0.15, -0.1) is 0 Å². The number of rotatable bonds is 3. The smallest absolute Gasteiger partial charge is 0.388 e. The number of aromatic nitrogens is 1. The molecule has 0 radical (unpaired) electrons. The van der Waals surface area contributed by atoms with Crippen molar-refractivity contribution >= 4 is 52.1 Å². The molecule has 0 bridgehead atoms. The van der Waals surface area contributed by atoms with Crippen LogP contribution in [0.3, 0.4) is 0 Å². The van der Waals surface area contributed by atoms with E-state index in [1.165, 1.54) is 22.1 Å². The van der Waals surface area contributed by atoms with Gasteiger partial charge < -0.3 is 25.3 Å². The summed E-state index contributed by atoms with van der Waals surface area (Å²) in [6.07, 6.45) is -3.70. The number of anilines is 2. The van der Waals surface area contributed by atoms with Gasteiger partial charge in [-0.25, -0.2) is 4.79 Å². The third-order valence-corrected chi connectivity index (χ3v) is 6.32. The Kier molecular flexibility index (Phi) is 6.96. The lowest BCUT2D eigenvalue weighted by Gasteiger charge is -2.27. The van der Waals surface area contributed by atoms with E-state index in [-0.39, 0.29) is 23.8 Å². The molecule has 8 nitrogen and oxygen atoms in total. The third-order valence-electron chi connectivity index (χ3n) is 5.72. The van der Waals surface area contributed by atoms with Crippen LogP contribution in [0, 0.1) is 0 Å². The number of alkyl halides is 3. The van der Waals surface area contributed by atoms with Crippen molar-refractivity contribution in [2.45, 2.75) is 24.8 Å². The molecule has 0 spiro atoms. The molecule has 0 saturated carbocycles. The van der Waals surface area contributed by atoms with Crippen molar-refractivity contribution < 1.29 is 33.0 Å². The Hall–Kier alpha value is -2.86. The molecule has 1 fully saturated rings. The van der Waals surface area contributed by atoms with E-state index in [4.69, 9.17) is 23.2 Å². The predicted molar refractivity (Wildman–Crippen MR) is 123 cm³/mol. The molecule has 0 aliphatic carbocycles. The van der Waals surface area contributed by atoms with E-state index < -0.39 is 40.9 Å². The van der Waals surface area contributed by atoms with Gasteiger partial charge in [0.05, 0.1) is 39.7 Å². The fourth-order valence-electron chi connectivity index (χ4n) is 3.84. The molecule has 2 aromatic rings. The molecular formula is C22H19Cl2F3N4O4. The highest BCUT2D eigenvalue weighted by atomic mass is 35.5. The number of nitrogens with one attached hydrogen (secondary N) is 1. The van der Waals surface area contributed by atoms with Gasteiger partial charge in [0.15, 0.2) is 6.10 Å². The maximum Gasteiger partial charge on any atom is 0.417 e. The number of aliphatic hydroxyl groups excluding tert-OH is 2. The lowest BCUT2D eigenvalue weighted by Crippen LogP contribution is -2.38. The fraction of sp³-hybridized carbons (Fsp3) is 0.318. The van der Waals surface area contributed by atoms with Gasteiger partial charge in [0.25, 0.3) is 5.91 Å². The minimum atomic E-state index is -4.59. The van der Waals surface area contributed by atoms with Crippen molar-refractivity contribution in [3.63, 3.8) is 0 Å². The lowest BCUT2D eigenvalue weighted by atomic mass is 10.0. The molecule has 13 heteroatoms. The number of carbonyl (C=O) groups is 2. The third kappa shape index (κ3) is 5.22. The number of benzene rings is 1. The zero-order valence-electron chi connectivity index (χ0n) is 17.9. The van der Waals surface area contributed by atoms with E-state index in [2.05, 4.69) is 10.3 Å². The molecule has 2 aliphatic rings. The largest absolute Gasteiger partial charge is 0.417 e. The summed E-state index contributed by atoms with van der Waals surface area (Å²) in [7, 11) is 0. The molecule has 0 unspecified atom stereocenters. The van der Waals surface area contributed by atoms with E-state index in [0.717, 1.165) is 23.8 Å². The summed E-state index contributed by atoms with van der Waals surface area (Å²) >= 11 is 12.1. The van der Waals surface area contributed by atoms with Gasteiger partial charge in [-0.2, -0.15) is 13.2 Å². The first-order valence-corrected chi connectivity index (χ1v) is 11.2. The van der Waals surface area contributed by atoms with Crippen molar-refractivity contribution in [3.05, 3.63) is 57.8 Å². The van der Waals surface area contributed by atoms with Gasteiger partial charge in [-0.05, 0) is 36.3 Å². The monoisotopic (exact) mass is 530 g/mol. The highest BCUT2D eigenvalue weighted by Gasteiger charge is 2.39. The lowest BCUT2D eigenvalue weighted by molar-refractivity contribution is -0.137. The normalized spacial score (nSPS) is 20.8. The highest BCUT2D eigenvalue weighted by molar-refractivity contribution is 6.32. The van der Waals surface area contributed by atoms with Crippen LogP contribution in [-0.2, 0) is 11.0 Å². The van der Waals surface area contributed by atoms with E-state index in [9.17, 15) is 33.0 Å². The maximum atomic E-state index is 12.8. The summed E-state index contributed by atoms with van der Waals surface area (Å²) in [5.74, 6) is -0.643. The number of nitrogens with zero attached hydrogens (tertiary/aromatic N) is 3. The van der Waals surface area contributed by atoms with Crippen molar-refractivity contribution in [1.29, 1.82) is 0 Å². The molecule has 4 rings (SSSR count). The molecule has 1 aromatic heterocycles. The molecule has 2 aliphatic heterocycles. The fourth-order valence-corrected chi connectivity index (χ4v) is 4.41. The van der Waals surface area contributed by atoms with Crippen molar-refractivity contribution in [3.8, 4) is 0 Å². The highest BCUT2D eigenvalue weighted by Crippen LogP contribution is 2.36. The van der Waals surface area contributed by atoms with Crippen LogP contribution in [0.15, 0.2) is 36.5 Å². The molecule has 2 atom stereocenters. The number of amides is 3. The molecule has 1 aromatic carbocycles. The number of pyridine rings is 1. The van der Waals surface area contributed by atoms with Crippen LogP contribution in [-0.4, -0.2) is 63.9 Å². The number of urea groups is 1. The minimum Gasteiger partial charge on any atom is -0.388 e. The first-order valence-electron chi connectivity index (χ1n) is 10.4. The van der Waals surface area contributed by atoms with Crippen LogP contribution in [0.2, 0.25) is 10.0 Å². The number of hydrogen-bond acceptors (Lipinski definition) is 5. The van der Waals surface area contributed by atoms with Gasteiger partial charge in [-0.1, -0.05) is 29.3 Å². The van der Waals surface area contributed by atoms with E-state index in [1.807, 2.05) is 0 Å². The van der Waals surface area contributed by atoms with Crippen molar-refractivity contribution in [2.24, 2.45) is 0 Å². The van der Waals surface area contributed by atoms with E-state index in [1.54, 1.807) is 6.08 Å². The average Bonchev–Trinajstić information content (AvgIpc) is 3.05. The van der Waals surface area contributed by atoms with Crippen LogP contribution in [0.25, 0.3) is 5.57 Å². The zero-order chi connectivity index (χ0) is 25.5. The van der Waals surface area contributed by atoms with Crippen LogP contribution in [0.5, 0.6) is 0 Å². The minimum absolute atomic E-state index is 0.0751. The maximum absolute atomic E-state index is 12.8. The molecule has 35 heavy (non-hydrogen) atoms. The Balaban J connectivity index is 1.41. The van der Waals surface area contributed by atoms with Crippen LogP contribution < -0.4 is 10.2 Å². The van der Waals surface area contributed by atoms with Gasteiger partial charge in [0.1, 0.15) is 6.10 Å². The van der Waals surface area contributed by atoms with E-state index >= 15 is 0 Å². The SMILES string of the molecule is O=C(Nc1ccc(C(F)(F)F)c(Cl)c1)N1CC=C(c2ncc(N3C[C@@H](O)[C@@H](O)C3=O)cc2Cl)CC1. The first-order chi connectivity index (χ1) is 16.5. The Bertz CT molecular complexity index is 1210. The Morgan fingerprint density at radius 3 is 2.46 bits per heavy atom.